The molecule has 1 aromatic rings. The fourth-order valence-electron chi connectivity index (χ4n) is 1.19. The molecule has 1 aromatic carbocycles. The van der Waals surface area contributed by atoms with Crippen LogP contribution in [0.3, 0.4) is 0 Å². The largest absolute Gasteiger partial charge is 0.506 e. The highest BCUT2D eigenvalue weighted by Crippen LogP contribution is 2.41. The highest BCUT2D eigenvalue weighted by Gasteiger charge is 2.19. The summed E-state index contributed by atoms with van der Waals surface area (Å²) in [6, 6.07) is -0.180. The number of phenols is 3. The van der Waals surface area contributed by atoms with Crippen LogP contribution in [0.2, 0.25) is 0 Å². The topological polar surface area (TPSA) is 150 Å². The molecule has 16 heavy (non-hydrogen) atoms. The maximum Gasteiger partial charge on any atom is 0.320 e. The van der Waals surface area contributed by atoms with E-state index in [0.717, 1.165) is 6.07 Å². The maximum atomic E-state index is 10.5. The third kappa shape index (κ3) is 2.09. The molecule has 0 aliphatic carbocycles. The van der Waals surface area contributed by atoms with Crippen molar-refractivity contribution in [1.29, 1.82) is 0 Å². The normalized spacial score (nSPS) is 12.3. The minimum Gasteiger partial charge on any atom is -0.506 e. The lowest BCUT2D eigenvalue weighted by Crippen LogP contribution is -2.32. The standard InChI is InChI=1S/C9H12N2O5/c10-4(9(15)16)1-3-2-5(12)6(11)8(14)7(3)13/h2,4,12-14H,1,10-11H2,(H,15,16). The summed E-state index contributed by atoms with van der Waals surface area (Å²) in [5.41, 5.74) is 10.1. The van der Waals surface area contributed by atoms with Gasteiger partial charge >= 0.3 is 5.97 Å². The van der Waals surface area contributed by atoms with Gasteiger partial charge in [-0.2, -0.15) is 0 Å². The molecule has 0 aromatic heterocycles. The molecular weight excluding hydrogens is 216 g/mol. The van der Waals surface area contributed by atoms with Crippen molar-refractivity contribution in [3.63, 3.8) is 0 Å². The van der Waals surface area contributed by atoms with Gasteiger partial charge in [-0.3, -0.25) is 4.79 Å². The van der Waals surface area contributed by atoms with Crippen molar-refractivity contribution in [2.45, 2.75) is 12.5 Å². The van der Waals surface area contributed by atoms with Crippen molar-refractivity contribution in [3.8, 4) is 17.2 Å². The summed E-state index contributed by atoms with van der Waals surface area (Å²) >= 11 is 0. The second-order valence-electron chi connectivity index (χ2n) is 3.31. The first-order valence-electron chi connectivity index (χ1n) is 4.35. The number of nitrogen functional groups attached to an aromatic ring is 1. The van der Waals surface area contributed by atoms with Gasteiger partial charge in [0.1, 0.15) is 17.5 Å². The molecule has 88 valence electrons. The van der Waals surface area contributed by atoms with Crippen LogP contribution in [0.25, 0.3) is 0 Å². The first kappa shape index (κ1) is 11.9. The quantitative estimate of drug-likeness (QED) is 0.228. The van der Waals surface area contributed by atoms with E-state index in [2.05, 4.69) is 0 Å². The number of aromatic hydroxyl groups is 3. The zero-order valence-corrected chi connectivity index (χ0v) is 8.21. The summed E-state index contributed by atoms with van der Waals surface area (Å²) in [6.07, 6.45) is -0.234. The van der Waals surface area contributed by atoms with Gasteiger partial charge in [0.15, 0.2) is 11.5 Å². The van der Waals surface area contributed by atoms with E-state index in [-0.39, 0.29) is 17.7 Å². The van der Waals surface area contributed by atoms with E-state index in [1.165, 1.54) is 0 Å². The third-order valence-electron chi connectivity index (χ3n) is 2.13. The average molecular weight is 228 g/mol. The minimum atomic E-state index is -1.25. The lowest BCUT2D eigenvalue weighted by Gasteiger charge is -2.11. The molecule has 1 atom stereocenters. The number of anilines is 1. The van der Waals surface area contributed by atoms with Gasteiger partial charge in [0.25, 0.3) is 0 Å². The fraction of sp³-hybridized carbons (Fsp3) is 0.222. The SMILES string of the molecule is Nc1c(O)cc(CC(N)C(=O)O)c(O)c1O. The number of carboxylic acid groups (broad SMARTS) is 1. The molecule has 0 aliphatic rings. The molecule has 0 aliphatic heterocycles. The van der Waals surface area contributed by atoms with E-state index in [4.69, 9.17) is 16.6 Å². The van der Waals surface area contributed by atoms with Gasteiger partial charge in [-0.05, 0) is 6.07 Å². The first-order chi connectivity index (χ1) is 7.34. The van der Waals surface area contributed by atoms with Gasteiger partial charge < -0.3 is 31.9 Å². The minimum absolute atomic E-state index is 0.0131. The Labute approximate surface area is 90.5 Å². The van der Waals surface area contributed by atoms with Crippen LogP contribution in [0.1, 0.15) is 5.56 Å². The Morgan fingerprint density at radius 2 is 1.88 bits per heavy atom. The Morgan fingerprint density at radius 3 is 2.38 bits per heavy atom. The molecule has 1 rings (SSSR count). The van der Waals surface area contributed by atoms with Crippen LogP contribution in [-0.2, 0) is 11.2 Å². The number of nitrogens with two attached hydrogens (primary N) is 2. The summed E-state index contributed by atoms with van der Waals surface area (Å²) in [4.78, 5) is 10.5. The molecule has 0 heterocycles. The molecular formula is C9H12N2O5. The zero-order valence-electron chi connectivity index (χ0n) is 8.21. The number of hydrogen-bond acceptors (Lipinski definition) is 6. The second kappa shape index (κ2) is 4.15. The van der Waals surface area contributed by atoms with Crippen LogP contribution in [0, 0.1) is 0 Å². The van der Waals surface area contributed by atoms with Crippen LogP contribution in [0.5, 0.6) is 17.2 Å². The third-order valence-corrected chi connectivity index (χ3v) is 2.13. The highest BCUT2D eigenvalue weighted by molar-refractivity contribution is 5.75. The number of rotatable bonds is 3. The Bertz CT molecular complexity index is 432. The van der Waals surface area contributed by atoms with Gasteiger partial charge in [-0.25, -0.2) is 0 Å². The first-order valence-corrected chi connectivity index (χ1v) is 4.35. The van der Waals surface area contributed by atoms with E-state index < -0.39 is 29.3 Å². The van der Waals surface area contributed by atoms with Gasteiger partial charge in [-0.1, -0.05) is 0 Å². The predicted molar refractivity (Wildman–Crippen MR) is 55.2 cm³/mol. The number of phenolic OH excluding ortho intramolecular Hbond substituents is 3. The number of carbonyl (C=O) groups is 1. The molecule has 1 unspecified atom stereocenters. The van der Waals surface area contributed by atoms with Crippen molar-refractivity contribution in [1.82, 2.24) is 0 Å². The van der Waals surface area contributed by atoms with Crippen molar-refractivity contribution in [2.24, 2.45) is 5.73 Å². The second-order valence-corrected chi connectivity index (χ2v) is 3.31. The van der Waals surface area contributed by atoms with Crippen LogP contribution in [0.4, 0.5) is 5.69 Å². The Hall–Kier alpha value is -2.15. The maximum absolute atomic E-state index is 10.5. The van der Waals surface area contributed by atoms with Crippen LogP contribution in [0.15, 0.2) is 6.07 Å². The summed E-state index contributed by atoms with van der Waals surface area (Å²) in [5, 5.41) is 36.6. The molecule has 7 heteroatoms. The monoisotopic (exact) mass is 228 g/mol. The number of aliphatic carboxylic acids is 1. The molecule has 8 N–H and O–H groups in total. The number of benzene rings is 1. The highest BCUT2D eigenvalue weighted by atomic mass is 16.4. The molecule has 0 saturated heterocycles. The van der Waals surface area contributed by atoms with Crippen LogP contribution in [-0.4, -0.2) is 32.4 Å². The van der Waals surface area contributed by atoms with E-state index in [1.54, 1.807) is 0 Å². The molecule has 0 amide bonds. The van der Waals surface area contributed by atoms with Crippen molar-refractivity contribution in [3.05, 3.63) is 11.6 Å². The lowest BCUT2D eigenvalue weighted by atomic mass is 10.0. The van der Waals surface area contributed by atoms with Gasteiger partial charge in [0.05, 0.1) is 0 Å². The molecule has 0 radical (unpaired) electrons. The van der Waals surface area contributed by atoms with E-state index in [0.29, 0.717) is 0 Å². The zero-order chi connectivity index (χ0) is 12.5. The predicted octanol–water partition coefficient (Wildman–Crippen LogP) is -0.660. The fourth-order valence-corrected chi connectivity index (χ4v) is 1.19. The van der Waals surface area contributed by atoms with Crippen LogP contribution < -0.4 is 11.5 Å². The summed E-state index contributed by atoms with van der Waals surface area (Å²) in [6.45, 7) is 0. The van der Waals surface area contributed by atoms with E-state index in [1.807, 2.05) is 0 Å². The Kier molecular flexibility index (Phi) is 3.09. The molecule has 0 saturated carbocycles. The van der Waals surface area contributed by atoms with Gasteiger partial charge in [0.2, 0.25) is 0 Å². The Balaban J connectivity index is 3.11. The number of carboxylic acids is 1. The lowest BCUT2D eigenvalue weighted by molar-refractivity contribution is -0.138. The average Bonchev–Trinajstić information content (AvgIpc) is 2.22. The summed E-state index contributed by atoms with van der Waals surface area (Å²) in [5.74, 6) is -2.96. The molecule has 0 bridgehead atoms. The van der Waals surface area contributed by atoms with E-state index >= 15 is 0 Å². The Morgan fingerprint density at radius 1 is 1.31 bits per heavy atom. The van der Waals surface area contributed by atoms with Crippen molar-refractivity contribution >= 4 is 11.7 Å². The molecule has 0 fully saturated rings. The van der Waals surface area contributed by atoms with Gasteiger partial charge in [-0.15, -0.1) is 0 Å². The van der Waals surface area contributed by atoms with Crippen LogP contribution >= 0.6 is 0 Å². The smallest absolute Gasteiger partial charge is 0.320 e. The van der Waals surface area contributed by atoms with Crippen molar-refractivity contribution < 1.29 is 25.2 Å². The summed E-state index contributed by atoms with van der Waals surface area (Å²) < 4.78 is 0. The van der Waals surface area contributed by atoms with Crippen molar-refractivity contribution in [2.75, 3.05) is 5.73 Å². The molecule has 7 nitrogen and oxygen atoms in total. The number of hydrogen-bond donors (Lipinski definition) is 6. The summed E-state index contributed by atoms with van der Waals surface area (Å²) in [7, 11) is 0. The van der Waals surface area contributed by atoms with E-state index in [9.17, 15) is 20.1 Å². The molecule has 0 spiro atoms. The van der Waals surface area contributed by atoms with Gasteiger partial charge in [0, 0.05) is 12.0 Å².